The van der Waals surface area contributed by atoms with Crippen molar-refractivity contribution >= 4 is 5.97 Å². The average molecular weight is 251 g/mol. The lowest BCUT2D eigenvalue weighted by Gasteiger charge is -2.28. The lowest BCUT2D eigenvalue weighted by molar-refractivity contribution is -0.139. The van der Waals surface area contributed by atoms with Gasteiger partial charge in [-0.25, -0.2) is 0 Å². The van der Waals surface area contributed by atoms with Gasteiger partial charge in [-0.15, -0.1) is 0 Å². The van der Waals surface area contributed by atoms with Crippen molar-refractivity contribution in [1.82, 2.24) is 4.90 Å². The molecule has 0 bridgehead atoms. The molecule has 2 rings (SSSR count). The third-order valence-corrected chi connectivity index (χ3v) is 3.24. The minimum absolute atomic E-state index is 0.0112. The zero-order valence-corrected chi connectivity index (χ0v) is 10.2. The van der Waals surface area contributed by atoms with E-state index in [4.69, 9.17) is 5.11 Å². The van der Waals surface area contributed by atoms with E-state index in [9.17, 15) is 15.0 Å². The zero-order chi connectivity index (χ0) is 13.3. The SMILES string of the molecule is CC(c1cc(O)cc(O)c1)N(CC(=O)O)C1CC1. The molecule has 1 atom stereocenters. The normalized spacial score (nSPS) is 16.8. The van der Waals surface area contributed by atoms with Crippen LogP contribution in [-0.4, -0.2) is 38.8 Å². The molecule has 0 heterocycles. The number of aliphatic carboxylic acids is 1. The maximum atomic E-state index is 10.9. The van der Waals surface area contributed by atoms with E-state index in [1.807, 2.05) is 11.8 Å². The van der Waals surface area contributed by atoms with E-state index in [0.717, 1.165) is 18.4 Å². The third-order valence-electron chi connectivity index (χ3n) is 3.24. The molecule has 1 unspecified atom stereocenters. The topological polar surface area (TPSA) is 81.0 Å². The van der Waals surface area contributed by atoms with Crippen LogP contribution >= 0.6 is 0 Å². The Kier molecular flexibility index (Phi) is 3.43. The molecular formula is C13H17NO4. The van der Waals surface area contributed by atoms with E-state index in [-0.39, 0.29) is 24.1 Å². The Morgan fingerprint density at radius 2 is 1.89 bits per heavy atom. The van der Waals surface area contributed by atoms with Crippen LogP contribution in [0, 0.1) is 0 Å². The molecule has 3 N–H and O–H groups in total. The van der Waals surface area contributed by atoms with E-state index in [1.54, 1.807) is 12.1 Å². The Hall–Kier alpha value is -1.75. The second-order valence-electron chi connectivity index (χ2n) is 4.76. The molecule has 5 heteroatoms. The smallest absolute Gasteiger partial charge is 0.317 e. The van der Waals surface area contributed by atoms with Crippen LogP contribution in [0.3, 0.4) is 0 Å². The first-order valence-corrected chi connectivity index (χ1v) is 5.98. The van der Waals surface area contributed by atoms with Crippen molar-refractivity contribution in [2.75, 3.05) is 6.54 Å². The highest BCUT2D eigenvalue weighted by Gasteiger charge is 2.34. The number of hydrogen-bond acceptors (Lipinski definition) is 4. The Morgan fingerprint density at radius 1 is 1.33 bits per heavy atom. The van der Waals surface area contributed by atoms with Gasteiger partial charge < -0.3 is 15.3 Å². The van der Waals surface area contributed by atoms with Crippen molar-refractivity contribution < 1.29 is 20.1 Å². The van der Waals surface area contributed by atoms with Gasteiger partial charge in [0.2, 0.25) is 0 Å². The van der Waals surface area contributed by atoms with Gasteiger partial charge in [0.25, 0.3) is 0 Å². The van der Waals surface area contributed by atoms with Gasteiger partial charge >= 0.3 is 5.97 Å². The molecule has 0 radical (unpaired) electrons. The van der Waals surface area contributed by atoms with E-state index in [2.05, 4.69) is 0 Å². The van der Waals surface area contributed by atoms with E-state index >= 15 is 0 Å². The lowest BCUT2D eigenvalue weighted by Crippen LogP contribution is -2.34. The predicted molar refractivity (Wildman–Crippen MR) is 65.6 cm³/mol. The number of nitrogens with zero attached hydrogens (tertiary/aromatic N) is 1. The Morgan fingerprint density at radius 3 is 2.33 bits per heavy atom. The molecule has 98 valence electrons. The molecule has 0 aromatic heterocycles. The molecule has 1 fully saturated rings. The molecule has 1 aromatic rings. The molecule has 1 aliphatic rings. The summed E-state index contributed by atoms with van der Waals surface area (Å²) in [5.41, 5.74) is 0.723. The Balaban J connectivity index is 2.21. The largest absolute Gasteiger partial charge is 0.508 e. The van der Waals surface area contributed by atoms with E-state index < -0.39 is 5.97 Å². The molecule has 18 heavy (non-hydrogen) atoms. The molecule has 0 saturated heterocycles. The number of hydrogen-bond donors (Lipinski definition) is 3. The summed E-state index contributed by atoms with van der Waals surface area (Å²) in [4.78, 5) is 12.8. The van der Waals surface area contributed by atoms with Crippen molar-refractivity contribution in [1.29, 1.82) is 0 Å². The van der Waals surface area contributed by atoms with Crippen LogP contribution in [0.5, 0.6) is 11.5 Å². The van der Waals surface area contributed by atoms with E-state index in [0.29, 0.717) is 6.04 Å². The van der Waals surface area contributed by atoms with Gasteiger partial charge in [0.15, 0.2) is 0 Å². The van der Waals surface area contributed by atoms with Crippen molar-refractivity contribution in [3.05, 3.63) is 23.8 Å². The summed E-state index contributed by atoms with van der Waals surface area (Å²) < 4.78 is 0. The first-order valence-electron chi connectivity index (χ1n) is 5.98. The fourth-order valence-corrected chi connectivity index (χ4v) is 2.20. The summed E-state index contributed by atoms with van der Waals surface area (Å²) in [6.07, 6.45) is 2.00. The summed E-state index contributed by atoms with van der Waals surface area (Å²) in [5.74, 6) is -0.885. The van der Waals surface area contributed by atoms with E-state index in [1.165, 1.54) is 6.07 Å². The molecule has 1 aromatic carbocycles. The Labute approximate surface area is 105 Å². The fraction of sp³-hybridized carbons (Fsp3) is 0.462. The van der Waals surface area contributed by atoms with Gasteiger partial charge in [0, 0.05) is 18.2 Å². The molecule has 0 amide bonds. The number of benzene rings is 1. The van der Waals surface area contributed by atoms with Crippen molar-refractivity contribution in [3.63, 3.8) is 0 Å². The van der Waals surface area contributed by atoms with Crippen LogP contribution in [0.25, 0.3) is 0 Å². The predicted octanol–water partition coefficient (Wildman–Crippen LogP) is 1.71. The molecule has 0 spiro atoms. The highest BCUT2D eigenvalue weighted by molar-refractivity contribution is 5.69. The highest BCUT2D eigenvalue weighted by atomic mass is 16.4. The second-order valence-corrected chi connectivity index (χ2v) is 4.76. The van der Waals surface area contributed by atoms with Gasteiger partial charge in [0.05, 0.1) is 6.54 Å². The van der Waals surface area contributed by atoms with Crippen LogP contribution < -0.4 is 0 Å². The van der Waals surface area contributed by atoms with Gasteiger partial charge in [-0.05, 0) is 37.5 Å². The van der Waals surface area contributed by atoms with Crippen LogP contribution in [0.4, 0.5) is 0 Å². The average Bonchev–Trinajstić information content (AvgIpc) is 3.07. The van der Waals surface area contributed by atoms with Crippen LogP contribution in [0.1, 0.15) is 31.4 Å². The van der Waals surface area contributed by atoms with Crippen LogP contribution in [0.15, 0.2) is 18.2 Å². The van der Waals surface area contributed by atoms with Crippen molar-refractivity contribution in [2.45, 2.75) is 31.8 Å². The minimum Gasteiger partial charge on any atom is -0.508 e. The van der Waals surface area contributed by atoms with Gasteiger partial charge in [0.1, 0.15) is 11.5 Å². The number of carbonyl (C=O) groups is 1. The van der Waals surface area contributed by atoms with Gasteiger partial charge in [-0.2, -0.15) is 0 Å². The van der Waals surface area contributed by atoms with Crippen molar-refractivity contribution in [2.24, 2.45) is 0 Å². The third kappa shape index (κ3) is 2.92. The fourth-order valence-electron chi connectivity index (χ4n) is 2.20. The van der Waals surface area contributed by atoms with Crippen LogP contribution in [-0.2, 0) is 4.79 Å². The second kappa shape index (κ2) is 4.86. The number of aromatic hydroxyl groups is 2. The molecule has 0 aliphatic heterocycles. The highest BCUT2D eigenvalue weighted by Crippen LogP contribution is 2.35. The number of carboxylic acids is 1. The zero-order valence-electron chi connectivity index (χ0n) is 10.2. The quantitative estimate of drug-likeness (QED) is 0.742. The molecule has 5 nitrogen and oxygen atoms in total. The van der Waals surface area contributed by atoms with Gasteiger partial charge in [-0.1, -0.05) is 0 Å². The number of rotatable bonds is 5. The van der Waals surface area contributed by atoms with Crippen molar-refractivity contribution in [3.8, 4) is 11.5 Å². The summed E-state index contributed by atoms with van der Waals surface area (Å²) in [6.45, 7) is 1.86. The summed E-state index contributed by atoms with van der Waals surface area (Å²) >= 11 is 0. The molecule has 1 aliphatic carbocycles. The summed E-state index contributed by atoms with van der Waals surface area (Å²) in [7, 11) is 0. The first kappa shape index (κ1) is 12.7. The monoisotopic (exact) mass is 251 g/mol. The first-order chi connectivity index (χ1) is 8.47. The minimum atomic E-state index is -0.863. The van der Waals surface area contributed by atoms with Crippen LogP contribution in [0.2, 0.25) is 0 Å². The molecule has 1 saturated carbocycles. The number of phenolic OH excluding ortho intramolecular Hbond substituents is 2. The maximum absolute atomic E-state index is 10.9. The van der Waals surface area contributed by atoms with Gasteiger partial charge in [-0.3, -0.25) is 9.69 Å². The number of phenols is 2. The Bertz CT molecular complexity index is 436. The lowest BCUT2D eigenvalue weighted by atomic mass is 10.1. The number of carboxylic acid groups (broad SMARTS) is 1. The summed E-state index contributed by atoms with van der Waals surface area (Å²) in [5, 5.41) is 27.9. The molecular weight excluding hydrogens is 234 g/mol. The maximum Gasteiger partial charge on any atom is 0.317 e. The standard InChI is InChI=1S/C13H17NO4/c1-8(9-4-11(15)6-12(16)5-9)14(7-13(17)18)10-2-3-10/h4-6,8,10,15-16H,2-3,7H2,1H3,(H,17,18). The summed E-state index contributed by atoms with van der Waals surface area (Å²) in [6, 6.07) is 4.52.